The van der Waals surface area contributed by atoms with Crippen molar-refractivity contribution in [2.45, 2.75) is 24.6 Å². The first-order valence-corrected chi connectivity index (χ1v) is 8.98. The number of aromatic nitrogens is 2. The number of rotatable bonds is 5. The zero-order valence-corrected chi connectivity index (χ0v) is 15.0. The Kier molecular flexibility index (Phi) is 5.46. The lowest BCUT2D eigenvalue weighted by molar-refractivity contribution is 0.102. The molecule has 0 aliphatic heterocycles. The summed E-state index contributed by atoms with van der Waals surface area (Å²) in [5.41, 5.74) is 4.79. The number of nitrogens with one attached hydrogen (secondary N) is 1. The molecule has 0 bridgehead atoms. The van der Waals surface area contributed by atoms with E-state index in [4.69, 9.17) is 0 Å². The number of anilines is 1. The van der Waals surface area contributed by atoms with E-state index in [1.54, 1.807) is 36.4 Å². The summed E-state index contributed by atoms with van der Waals surface area (Å²) in [6.45, 7) is 4.04. The first kappa shape index (κ1) is 17.2. The van der Waals surface area contributed by atoms with Crippen LogP contribution in [0, 0.1) is 13.8 Å². The number of aryl methyl sites for hydroxylation is 1. The minimum atomic E-state index is -0.140. The number of benzene rings is 1. The molecule has 0 aliphatic rings. The van der Waals surface area contributed by atoms with E-state index in [1.807, 2.05) is 50.2 Å². The smallest absolute Gasteiger partial charge is 0.258 e. The van der Waals surface area contributed by atoms with Crippen LogP contribution in [0.1, 0.15) is 27.0 Å². The van der Waals surface area contributed by atoms with Crippen LogP contribution in [0.3, 0.4) is 0 Å². The maximum atomic E-state index is 12.7. The molecular formula is C20H19N3OS. The van der Waals surface area contributed by atoms with E-state index in [9.17, 15) is 4.79 Å². The maximum Gasteiger partial charge on any atom is 0.258 e. The van der Waals surface area contributed by atoms with Gasteiger partial charge >= 0.3 is 0 Å². The second-order valence-electron chi connectivity index (χ2n) is 5.70. The fourth-order valence-electron chi connectivity index (χ4n) is 2.39. The molecule has 1 amide bonds. The number of carbonyl (C=O) groups excluding carboxylic acids is 1. The highest BCUT2D eigenvalue weighted by molar-refractivity contribution is 7.98. The van der Waals surface area contributed by atoms with Crippen LogP contribution in [0.2, 0.25) is 0 Å². The van der Waals surface area contributed by atoms with Gasteiger partial charge in [0.15, 0.2) is 0 Å². The molecule has 0 saturated heterocycles. The van der Waals surface area contributed by atoms with Gasteiger partial charge in [0.05, 0.1) is 5.56 Å². The molecule has 3 rings (SSSR count). The van der Waals surface area contributed by atoms with E-state index >= 15 is 0 Å². The summed E-state index contributed by atoms with van der Waals surface area (Å²) in [6.07, 6.45) is 5.24. The Morgan fingerprint density at radius 3 is 2.64 bits per heavy atom. The van der Waals surface area contributed by atoms with E-state index in [-0.39, 0.29) is 5.91 Å². The first-order valence-electron chi connectivity index (χ1n) is 7.99. The minimum Gasteiger partial charge on any atom is -0.322 e. The van der Waals surface area contributed by atoms with Crippen molar-refractivity contribution >= 4 is 23.4 Å². The lowest BCUT2D eigenvalue weighted by Crippen LogP contribution is -2.14. The zero-order valence-electron chi connectivity index (χ0n) is 14.2. The van der Waals surface area contributed by atoms with Crippen molar-refractivity contribution in [3.8, 4) is 0 Å². The SMILES string of the molecule is Cc1cccc(NC(=O)c2cccnc2SCc2ccncc2)c1C. The van der Waals surface area contributed by atoms with Gasteiger partial charge in [-0.1, -0.05) is 12.1 Å². The summed E-state index contributed by atoms with van der Waals surface area (Å²) < 4.78 is 0. The average Bonchev–Trinajstić information content (AvgIpc) is 2.65. The predicted octanol–water partition coefficient (Wildman–Crippen LogP) is 4.64. The van der Waals surface area contributed by atoms with E-state index in [2.05, 4.69) is 15.3 Å². The molecule has 1 N–H and O–H groups in total. The Bertz CT molecular complexity index is 881. The van der Waals surface area contributed by atoms with Gasteiger partial charge in [-0.05, 0) is 60.9 Å². The Morgan fingerprint density at radius 1 is 1.04 bits per heavy atom. The van der Waals surface area contributed by atoms with Gasteiger partial charge in [0.1, 0.15) is 5.03 Å². The molecule has 1 aromatic carbocycles. The number of thioether (sulfide) groups is 1. The van der Waals surface area contributed by atoms with Crippen molar-refractivity contribution in [3.05, 3.63) is 83.3 Å². The van der Waals surface area contributed by atoms with Crippen molar-refractivity contribution in [2.75, 3.05) is 5.32 Å². The molecule has 4 nitrogen and oxygen atoms in total. The van der Waals surface area contributed by atoms with Crippen molar-refractivity contribution in [1.82, 2.24) is 9.97 Å². The summed E-state index contributed by atoms with van der Waals surface area (Å²) in [5, 5.41) is 3.73. The van der Waals surface area contributed by atoms with Crippen LogP contribution in [0.25, 0.3) is 0 Å². The van der Waals surface area contributed by atoms with Crippen molar-refractivity contribution in [2.24, 2.45) is 0 Å². The van der Waals surface area contributed by atoms with Crippen LogP contribution < -0.4 is 5.32 Å². The third-order valence-electron chi connectivity index (χ3n) is 3.99. The third-order valence-corrected chi connectivity index (χ3v) is 5.07. The molecule has 5 heteroatoms. The van der Waals surface area contributed by atoms with Gasteiger partial charge < -0.3 is 5.32 Å². The summed E-state index contributed by atoms with van der Waals surface area (Å²) >= 11 is 1.55. The van der Waals surface area contributed by atoms with Gasteiger partial charge in [0.25, 0.3) is 5.91 Å². The van der Waals surface area contributed by atoms with Crippen LogP contribution in [0.4, 0.5) is 5.69 Å². The normalized spacial score (nSPS) is 10.5. The predicted molar refractivity (Wildman–Crippen MR) is 102 cm³/mol. The van der Waals surface area contributed by atoms with Gasteiger partial charge in [-0.3, -0.25) is 9.78 Å². The Morgan fingerprint density at radius 2 is 1.84 bits per heavy atom. The lowest BCUT2D eigenvalue weighted by Gasteiger charge is -2.12. The molecule has 25 heavy (non-hydrogen) atoms. The van der Waals surface area contributed by atoms with Crippen LogP contribution in [0.5, 0.6) is 0 Å². The van der Waals surface area contributed by atoms with E-state index in [0.29, 0.717) is 5.56 Å². The van der Waals surface area contributed by atoms with E-state index < -0.39 is 0 Å². The van der Waals surface area contributed by atoms with Gasteiger partial charge in [0, 0.05) is 30.0 Å². The molecule has 0 fully saturated rings. The molecular weight excluding hydrogens is 330 g/mol. The number of hydrogen-bond donors (Lipinski definition) is 1. The van der Waals surface area contributed by atoms with Gasteiger partial charge in [-0.25, -0.2) is 4.98 Å². The van der Waals surface area contributed by atoms with Crippen LogP contribution >= 0.6 is 11.8 Å². The van der Waals surface area contributed by atoms with Gasteiger partial charge in [-0.15, -0.1) is 11.8 Å². The number of carbonyl (C=O) groups is 1. The van der Waals surface area contributed by atoms with Crippen molar-refractivity contribution < 1.29 is 4.79 Å². The van der Waals surface area contributed by atoms with Crippen LogP contribution in [-0.2, 0) is 5.75 Å². The second kappa shape index (κ2) is 7.94. The average molecular weight is 349 g/mol. The standard InChI is InChI=1S/C20H19N3OS/c1-14-5-3-7-18(15(14)2)23-19(24)17-6-4-10-22-20(17)25-13-16-8-11-21-12-9-16/h3-12H,13H2,1-2H3,(H,23,24). The largest absolute Gasteiger partial charge is 0.322 e. The van der Waals surface area contributed by atoms with E-state index in [0.717, 1.165) is 33.2 Å². The molecule has 0 aliphatic carbocycles. The van der Waals surface area contributed by atoms with Crippen LogP contribution in [-0.4, -0.2) is 15.9 Å². The molecule has 0 radical (unpaired) electrons. The molecule has 0 unspecified atom stereocenters. The second-order valence-corrected chi connectivity index (χ2v) is 6.67. The summed E-state index contributed by atoms with van der Waals surface area (Å²) in [6, 6.07) is 13.4. The Balaban J connectivity index is 1.78. The molecule has 2 aromatic heterocycles. The zero-order chi connectivity index (χ0) is 17.6. The number of nitrogens with zero attached hydrogens (tertiary/aromatic N) is 2. The molecule has 3 aromatic rings. The van der Waals surface area contributed by atoms with Gasteiger partial charge in [0.2, 0.25) is 0 Å². The molecule has 2 heterocycles. The Labute approximate surface area is 151 Å². The highest BCUT2D eigenvalue weighted by Gasteiger charge is 2.14. The first-order chi connectivity index (χ1) is 12.1. The monoisotopic (exact) mass is 349 g/mol. The number of amides is 1. The third kappa shape index (κ3) is 4.25. The van der Waals surface area contributed by atoms with Gasteiger partial charge in [-0.2, -0.15) is 0 Å². The molecule has 126 valence electrons. The van der Waals surface area contributed by atoms with Crippen molar-refractivity contribution in [3.63, 3.8) is 0 Å². The molecule has 0 atom stereocenters. The quantitative estimate of drug-likeness (QED) is 0.682. The molecule has 0 saturated carbocycles. The van der Waals surface area contributed by atoms with Crippen molar-refractivity contribution in [1.29, 1.82) is 0 Å². The highest BCUT2D eigenvalue weighted by Crippen LogP contribution is 2.25. The minimum absolute atomic E-state index is 0.140. The Hall–Kier alpha value is -2.66. The van der Waals surface area contributed by atoms with E-state index in [1.165, 1.54) is 0 Å². The maximum absolute atomic E-state index is 12.7. The summed E-state index contributed by atoms with van der Waals surface area (Å²) in [7, 11) is 0. The summed E-state index contributed by atoms with van der Waals surface area (Å²) in [5.74, 6) is 0.600. The topological polar surface area (TPSA) is 54.9 Å². The van der Waals surface area contributed by atoms with Crippen LogP contribution in [0.15, 0.2) is 66.1 Å². The highest BCUT2D eigenvalue weighted by atomic mass is 32.2. The fraction of sp³-hybridized carbons (Fsp3) is 0.150. The fourth-order valence-corrected chi connectivity index (χ4v) is 3.33. The summed E-state index contributed by atoms with van der Waals surface area (Å²) in [4.78, 5) is 21.1. The molecule has 0 spiro atoms. The number of pyridine rings is 2. The number of hydrogen-bond acceptors (Lipinski definition) is 4. The lowest BCUT2D eigenvalue weighted by atomic mass is 10.1.